The van der Waals surface area contributed by atoms with Crippen LogP contribution >= 0.6 is 0 Å². The van der Waals surface area contributed by atoms with Crippen LogP contribution < -0.4 is 5.32 Å². The molecule has 0 saturated heterocycles. The van der Waals surface area contributed by atoms with Crippen molar-refractivity contribution in [2.24, 2.45) is 5.92 Å². The highest BCUT2D eigenvalue weighted by Gasteiger charge is 2.43. The molecule has 1 N–H and O–H groups in total. The summed E-state index contributed by atoms with van der Waals surface area (Å²) in [6.07, 6.45) is 0.981. The molecule has 0 fully saturated rings. The molecular formula is C23H20N2O2. The highest BCUT2D eigenvalue weighted by atomic mass is 16.6. The van der Waals surface area contributed by atoms with Gasteiger partial charge >= 0.3 is 0 Å². The van der Waals surface area contributed by atoms with E-state index in [-0.39, 0.29) is 22.6 Å². The van der Waals surface area contributed by atoms with E-state index in [0.29, 0.717) is 5.92 Å². The largest absolute Gasteiger partial charge is 0.378 e. The molecule has 0 saturated carbocycles. The number of nitrogens with zero attached hydrogens (tertiary/aromatic N) is 1. The third kappa shape index (κ3) is 2.52. The lowest BCUT2D eigenvalue weighted by molar-refractivity contribution is -0.384. The summed E-state index contributed by atoms with van der Waals surface area (Å²) in [6.45, 7) is 2.10. The number of rotatable bonds is 2. The van der Waals surface area contributed by atoms with Crippen molar-refractivity contribution < 1.29 is 4.92 Å². The summed E-state index contributed by atoms with van der Waals surface area (Å²) in [5.41, 5.74) is 7.39. The van der Waals surface area contributed by atoms with Gasteiger partial charge in [-0.3, -0.25) is 10.1 Å². The van der Waals surface area contributed by atoms with Gasteiger partial charge < -0.3 is 5.32 Å². The molecule has 0 aromatic heterocycles. The van der Waals surface area contributed by atoms with Crippen LogP contribution in [0.4, 0.5) is 11.4 Å². The fraction of sp³-hybridized carbons (Fsp3) is 0.217. The number of non-ortho nitro benzene ring substituents is 1. The number of benzene rings is 3. The first kappa shape index (κ1) is 16.1. The maximum absolute atomic E-state index is 11.3. The molecule has 2 aliphatic rings. The lowest BCUT2D eigenvalue weighted by Gasteiger charge is -2.38. The van der Waals surface area contributed by atoms with Crippen LogP contribution in [0.25, 0.3) is 0 Å². The van der Waals surface area contributed by atoms with E-state index in [4.69, 9.17) is 0 Å². The van der Waals surface area contributed by atoms with Gasteiger partial charge in [-0.15, -0.1) is 0 Å². The fourth-order valence-corrected chi connectivity index (χ4v) is 4.77. The second-order valence-corrected chi connectivity index (χ2v) is 7.61. The number of hydrogen-bond acceptors (Lipinski definition) is 3. The summed E-state index contributed by atoms with van der Waals surface area (Å²) in [6, 6.07) is 22.6. The van der Waals surface area contributed by atoms with Crippen molar-refractivity contribution in [1.82, 2.24) is 0 Å². The Kier molecular flexibility index (Phi) is 3.54. The molecule has 0 bridgehead atoms. The Morgan fingerprint density at radius 2 is 1.78 bits per heavy atom. The van der Waals surface area contributed by atoms with E-state index < -0.39 is 0 Å². The van der Waals surface area contributed by atoms with Crippen molar-refractivity contribution in [3.05, 3.63) is 105 Å². The van der Waals surface area contributed by atoms with Gasteiger partial charge in [0.2, 0.25) is 0 Å². The van der Waals surface area contributed by atoms with Gasteiger partial charge in [0.15, 0.2) is 0 Å². The highest BCUT2D eigenvalue weighted by molar-refractivity contribution is 5.65. The molecule has 1 aliphatic carbocycles. The first-order valence-electron chi connectivity index (χ1n) is 9.31. The van der Waals surface area contributed by atoms with E-state index in [1.165, 1.54) is 22.3 Å². The van der Waals surface area contributed by atoms with Crippen LogP contribution in [0.2, 0.25) is 0 Å². The monoisotopic (exact) mass is 356 g/mol. The number of hydrogen-bond donors (Lipinski definition) is 1. The lowest BCUT2D eigenvalue weighted by atomic mass is 9.75. The number of nitrogens with one attached hydrogen (secondary N) is 1. The molecule has 0 spiro atoms. The third-order valence-corrected chi connectivity index (χ3v) is 6.03. The van der Waals surface area contributed by atoms with Crippen molar-refractivity contribution in [1.29, 1.82) is 0 Å². The topological polar surface area (TPSA) is 55.2 Å². The van der Waals surface area contributed by atoms with Crippen LogP contribution in [0.1, 0.15) is 39.8 Å². The van der Waals surface area contributed by atoms with E-state index in [1.54, 1.807) is 12.1 Å². The minimum atomic E-state index is -0.303. The van der Waals surface area contributed by atoms with Crippen molar-refractivity contribution in [2.45, 2.75) is 25.3 Å². The summed E-state index contributed by atoms with van der Waals surface area (Å²) in [5, 5.41) is 15.0. The molecule has 4 nitrogen and oxygen atoms in total. The molecule has 27 heavy (non-hydrogen) atoms. The molecule has 1 heterocycles. The average Bonchev–Trinajstić information content (AvgIpc) is 3.07. The quantitative estimate of drug-likeness (QED) is 0.496. The summed E-state index contributed by atoms with van der Waals surface area (Å²) in [4.78, 5) is 11.0. The van der Waals surface area contributed by atoms with Gasteiger partial charge in [0.25, 0.3) is 5.69 Å². The second-order valence-electron chi connectivity index (χ2n) is 7.61. The third-order valence-electron chi connectivity index (χ3n) is 6.03. The van der Waals surface area contributed by atoms with E-state index in [0.717, 1.165) is 17.7 Å². The predicted octanol–water partition coefficient (Wildman–Crippen LogP) is 5.37. The zero-order chi connectivity index (χ0) is 18.5. The van der Waals surface area contributed by atoms with Gasteiger partial charge in [-0.05, 0) is 47.6 Å². The summed E-state index contributed by atoms with van der Waals surface area (Å²) >= 11 is 0. The minimum absolute atomic E-state index is 0.160. The van der Waals surface area contributed by atoms with E-state index in [9.17, 15) is 10.1 Å². The second kappa shape index (κ2) is 5.95. The van der Waals surface area contributed by atoms with Gasteiger partial charge in [-0.25, -0.2) is 0 Å². The van der Waals surface area contributed by atoms with Crippen LogP contribution in [0.15, 0.2) is 66.7 Å². The van der Waals surface area contributed by atoms with Crippen LogP contribution in [-0.2, 0) is 6.42 Å². The zero-order valence-electron chi connectivity index (χ0n) is 15.1. The summed E-state index contributed by atoms with van der Waals surface area (Å²) < 4.78 is 0. The Labute approximate surface area is 158 Å². The molecular weight excluding hydrogens is 336 g/mol. The number of aryl methyl sites for hydroxylation is 1. The standard InChI is InChI=1S/C23H20N2O2/c1-14-6-8-15(9-7-14)23-20-12-16-4-2-3-5-18(16)22(20)19-13-17(25(26)27)10-11-21(19)24-23/h2-11,13,20,22-24H,12H2,1H3/t20-,22+,23+/m1/s1. The molecule has 3 aromatic carbocycles. The molecule has 3 atom stereocenters. The Bertz CT molecular complexity index is 1040. The van der Waals surface area contributed by atoms with Crippen LogP contribution in [-0.4, -0.2) is 4.92 Å². The normalized spacial score (nSPS) is 22.3. The zero-order valence-corrected chi connectivity index (χ0v) is 15.1. The van der Waals surface area contributed by atoms with E-state index in [2.05, 4.69) is 60.8 Å². The Hall–Kier alpha value is -3.14. The molecule has 4 heteroatoms. The number of nitro benzene ring substituents is 1. The maximum Gasteiger partial charge on any atom is 0.269 e. The van der Waals surface area contributed by atoms with Crippen molar-refractivity contribution >= 4 is 11.4 Å². The molecule has 0 amide bonds. The van der Waals surface area contributed by atoms with Crippen LogP contribution in [0, 0.1) is 23.0 Å². The SMILES string of the molecule is Cc1ccc([C@@H]2Nc3ccc([N+](=O)[O-])cc3[C@@H]3c4ccccc4C[C@H]32)cc1. The van der Waals surface area contributed by atoms with Gasteiger partial charge in [0, 0.05) is 23.7 Å². The Balaban J connectivity index is 1.68. The van der Waals surface area contributed by atoms with Gasteiger partial charge in [0.05, 0.1) is 11.0 Å². The molecule has 0 radical (unpaired) electrons. The highest BCUT2D eigenvalue weighted by Crippen LogP contribution is 2.54. The van der Waals surface area contributed by atoms with Crippen LogP contribution in [0.5, 0.6) is 0 Å². The molecule has 1 aliphatic heterocycles. The predicted molar refractivity (Wildman–Crippen MR) is 106 cm³/mol. The summed E-state index contributed by atoms with van der Waals surface area (Å²) in [5.74, 6) is 0.531. The smallest absolute Gasteiger partial charge is 0.269 e. The number of anilines is 1. The van der Waals surface area contributed by atoms with Crippen molar-refractivity contribution in [3.8, 4) is 0 Å². The molecule has 0 unspecified atom stereocenters. The van der Waals surface area contributed by atoms with Gasteiger partial charge in [-0.2, -0.15) is 0 Å². The maximum atomic E-state index is 11.3. The van der Waals surface area contributed by atoms with Gasteiger partial charge in [-0.1, -0.05) is 54.1 Å². The summed E-state index contributed by atoms with van der Waals surface area (Å²) in [7, 11) is 0. The Morgan fingerprint density at radius 3 is 2.56 bits per heavy atom. The first-order chi connectivity index (χ1) is 13.1. The van der Waals surface area contributed by atoms with Crippen LogP contribution in [0.3, 0.4) is 0 Å². The Morgan fingerprint density at radius 1 is 1.00 bits per heavy atom. The molecule has 5 rings (SSSR count). The lowest BCUT2D eigenvalue weighted by Crippen LogP contribution is -2.30. The van der Waals surface area contributed by atoms with Crippen molar-refractivity contribution in [2.75, 3.05) is 5.32 Å². The number of nitro groups is 1. The molecule has 134 valence electrons. The minimum Gasteiger partial charge on any atom is -0.378 e. The van der Waals surface area contributed by atoms with E-state index in [1.807, 2.05) is 6.07 Å². The van der Waals surface area contributed by atoms with Crippen molar-refractivity contribution in [3.63, 3.8) is 0 Å². The fourth-order valence-electron chi connectivity index (χ4n) is 4.77. The average molecular weight is 356 g/mol. The number of fused-ring (bicyclic) bond motifs is 5. The first-order valence-corrected chi connectivity index (χ1v) is 9.31. The van der Waals surface area contributed by atoms with E-state index >= 15 is 0 Å². The molecule has 3 aromatic rings. The van der Waals surface area contributed by atoms with Gasteiger partial charge in [0.1, 0.15) is 0 Å².